The average molecular weight is 370 g/mol. The SMILES string of the molecule is CCCCCC1C(CCCCC)[N+](O)(CCCCC)CN1CCCCC. The van der Waals surface area contributed by atoms with Crippen molar-refractivity contribution in [2.45, 2.75) is 130 Å². The minimum atomic E-state index is 0.340. The third-order valence-electron chi connectivity index (χ3n) is 6.36. The van der Waals surface area contributed by atoms with Gasteiger partial charge in [-0.15, -0.1) is 0 Å². The van der Waals surface area contributed by atoms with Crippen molar-refractivity contribution in [2.24, 2.45) is 0 Å². The molecule has 3 atom stereocenters. The maximum absolute atomic E-state index is 11.6. The van der Waals surface area contributed by atoms with E-state index in [4.69, 9.17) is 0 Å². The Morgan fingerprint density at radius 3 is 1.88 bits per heavy atom. The molecule has 26 heavy (non-hydrogen) atoms. The Kier molecular flexibility index (Phi) is 12.8. The molecule has 1 rings (SSSR count). The van der Waals surface area contributed by atoms with Gasteiger partial charge in [0.25, 0.3) is 0 Å². The quantitative estimate of drug-likeness (QED) is 0.240. The lowest BCUT2D eigenvalue weighted by Gasteiger charge is -2.32. The van der Waals surface area contributed by atoms with Crippen molar-refractivity contribution in [1.82, 2.24) is 4.90 Å². The fourth-order valence-corrected chi connectivity index (χ4v) is 4.78. The van der Waals surface area contributed by atoms with Gasteiger partial charge in [-0.3, -0.25) is 0 Å². The first kappa shape index (κ1) is 23.9. The van der Waals surface area contributed by atoms with Crippen LogP contribution in [-0.2, 0) is 0 Å². The van der Waals surface area contributed by atoms with Crippen molar-refractivity contribution in [1.29, 1.82) is 0 Å². The molecule has 0 amide bonds. The van der Waals surface area contributed by atoms with Gasteiger partial charge in [-0.05, 0) is 32.1 Å². The van der Waals surface area contributed by atoms with Crippen LogP contribution in [0.15, 0.2) is 0 Å². The molecule has 1 N–H and O–H groups in total. The second-order valence-corrected chi connectivity index (χ2v) is 8.70. The van der Waals surface area contributed by atoms with E-state index >= 15 is 0 Å². The second-order valence-electron chi connectivity index (χ2n) is 8.70. The first-order valence-electron chi connectivity index (χ1n) is 12.0. The normalized spacial score (nSPS) is 26.7. The summed E-state index contributed by atoms with van der Waals surface area (Å²) in [5.74, 6) is 0. The Balaban J connectivity index is 2.82. The minimum Gasteiger partial charge on any atom is -0.245 e. The van der Waals surface area contributed by atoms with E-state index in [9.17, 15) is 5.21 Å². The highest BCUT2D eigenvalue weighted by Crippen LogP contribution is 2.34. The van der Waals surface area contributed by atoms with Crippen molar-refractivity contribution >= 4 is 0 Å². The maximum Gasteiger partial charge on any atom is 0.165 e. The van der Waals surface area contributed by atoms with E-state index in [-0.39, 0.29) is 0 Å². The molecule has 0 aromatic carbocycles. The molecule has 3 heteroatoms. The average Bonchev–Trinajstić information content (AvgIpc) is 2.88. The molecular weight excluding hydrogens is 320 g/mol. The van der Waals surface area contributed by atoms with Gasteiger partial charge in [0, 0.05) is 13.0 Å². The van der Waals surface area contributed by atoms with Gasteiger partial charge in [0.1, 0.15) is 12.6 Å². The summed E-state index contributed by atoms with van der Waals surface area (Å²) in [6.07, 6.45) is 17.8. The van der Waals surface area contributed by atoms with Crippen LogP contribution < -0.4 is 0 Å². The van der Waals surface area contributed by atoms with Crippen LogP contribution in [0.25, 0.3) is 0 Å². The highest BCUT2D eigenvalue weighted by molar-refractivity contribution is 4.84. The molecule has 3 unspecified atom stereocenters. The van der Waals surface area contributed by atoms with Crippen LogP contribution in [-0.4, -0.2) is 46.6 Å². The van der Waals surface area contributed by atoms with Crippen LogP contribution in [0.4, 0.5) is 0 Å². The number of hydrogen-bond acceptors (Lipinski definition) is 2. The highest BCUT2D eigenvalue weighted by atomic mass is 16.6. The lowest BCUT2D eigenvalue weighted by molar-refractivity contribution is -1.11. The molecule has 0 saturated carbocycles. The van der Waals surface area contributed by atoms with Crippen LogP contribution in [0.1, 0.15) is 118 Å². The lowest BCUT2D eigenvalue weighted by Crippen LogP contribution is -2.52. The predicted octanol–water partition coefficient (Wildman–Crippen LogP) is 6.74. The van der Waals surface area contributed by atoms with Gasteiger partial charge in [-0.2, -0.15) is 4.65 Å². The van der Waals surface area contributed by atoms with Crippen LogP contribution in [0.5, 0.6) is 0 Å². The molecule has 0 aliphatic carbocycles. The molecule has 1 heterocycles. The number of quaternary nitrogens is 1. The Hall–Kier alpha value is -0.120. The molecular formula is C23H49N2O+. The second kappa shape index (κ2) is 14.0. The van der Waals surface area contributed by atoms with E-state index in [1.165, 1.54) is 96.4 Å². The van der Waals surface area contributed by atoms with Crippen molar-refractivity contribution < 1.29 is 9.85 Å². The first-order chi connectivity index (χ1) is 12.6. The van der Waals surface area contributed by atoms with Gasteiger partial charge in [0.2, 0.25) is 0 Å². The molecule has 0 aromatic heterocycles. The summed E-state index contributed by atoms with van der Waals surface area (Å²) in [6, 6.07) is 1.04. The minimum absolute atomic E-state index is 0.340. The Labute approximate surface area is 164 Å². The van der Waals surface area contributed by atoms with Crippen LogP contribution in [0.3, 0.4) is 0 Å². The molecule has 1 aliphatic rings. The number of nitrogens with zero attached hydrogens (tertiary/aromatic N) is 2. The summed E-state index contributed by atoms with van der Waals surface area (Å²) in [4.78, 5) is 2.67. The van der Waals surface area contributed by atoms with Gasteiger partial charge >= 0.3 is 0 Å². The molecule has 0 radical (unpaired) electrons. The zero-order chi connectivity index (χ0) is 19.3. The molecule has 3 nitrogen and oxygen atoms in total. The van der Waals surface area contributed by atoms with Gasteiger partial charge in [-0.25, -0.2) is 10.1 Å². The van der Waals surface area contributed by atoms with Gasteiger partial charge < -0.3 is 0 Å². The van der Waals surface area contributed by atoms with Crippen molar-refractivity contribution in [3.63, 3.8) is 0 Å². The summed E-state index contributed by atoms with van der Waals surface area (Å²) in [6.45, 7) is 12.1. The van der Waals surface area contributed by atoms with Crippen molar-refractivity contribution in [3.05, 3.63) is 0 Å². The largest absolute Gasteiger partial charge is 0.245 e. The number of hydroxylamine groups is 3. The third kappa shape index (κ3) is 7.86. The van der Waals surface area contributed by atoms with E-state index < -0.39 is 0 Å². The first-order valence-corrected chi connectivity index (χ1v) is 12.0. The van der Waals surface area contributed by atoms with E-state index in [2.05, 4.69) is 32.6 Å². The fourth-order valence-electron chi connectivity index (χ4n) is 4.78. The topological polar surface area (TPSA) is 23.5 Å². The molecule has 1 fully saturated rings. The summed E-state index contributed by atoms with van der Waals surface area (Å²) >= 11 is 0. The van der Waals surface area contributed by atoms with Gasteiger partial charge in [-0.1, -0.05) is 79.1 Å². The monoisotopic (exact) mass is 369 g/mol. The predicted molar refractivity (Wildman–Crippen MR) is 113 cm³/mol. The summed E-state index contributed by atoms with van der Waals surface area (Å²) < 4.78 is 0.340. The van der Waals surface area contributed by atoms with Crippen LogP contribution in [0.2, 0.25) is 0 Å². The van der Waals surface area contributed by atoms with E-state index in [1.54, 1.807) is 0 Å². The number of unbranched alkanes of at least 4 members (excludes halogenated alkanes) is 8. The fraction of sp³-hybridized carbons (Fsp3) is 1.00. The van der Waals surface area contributed by atoms with E-state index in [1.807, 2.05) is 0 Å². The lowest BCUT2D eigenvalue weighted by atomic mass is 9.95. The third-order valence-corrected chi connectivity index (χ3v) is 6.36. The Bertz CT molecular complexity index is 336. The van der Waals surface area contributed by atoms with Gasteiger partial charge in [0.15, 0.2) is 6.67 Å². The summed E-state index contributed by atoms with van der Waals surface area (Å²) in [5.41, 5.74) is 0. The van der Waals surface area contributed by atoms with E-state index in [0.717, 1.165) is 13.2 Å². The number of rotatable bonds is 16. The standard InChI is InChI=1S/C23H49N2O/c1-5-9-13-17-22-23(18-14-10-6-2)25(26,20-16-12-8-4)21-24(22)19-15-11-7-3/h22-23,26H,5-21H2,1-4H3/q+1. The van der Waals surface area contributed by atoms with Crippen LogP contribution >= 0.6 is 0 Å². The molecule has 1 saturated heterocycles. The highest BCUT2D eigenvalue weighted by Gasteiger charge is 2.51. The smallest absolute Gasteiger partial charge is 0.165 e. The molecule has 1 aliphatic heterocycles. The molecule has 0 spiro atoms. The Morgan fingerprint density at radius 1 is 0.731 bits per heavy atom. The van der Waals surface area contributed by atoms with Crippen LogP contribution in [0, 0.1) is 0 Å². The van der Waals surface area contributed by atoms with Crippen molar-refractivity contribution in [3.8, 4) is 0 Å². The summed E-state index contributed by atoms with van der Waals surface area (Å²) in [5, 5.41) is 11.6. The zero-order valence-electron chi connectivity index (χ0n) is 18.5. The van der Waals surface area contributed by atoms with Gasteiger partial charge in [0.05, 0.1) is 6.04 Å². The Morgan fingerprint density at radius 2 is 1.27 bits per heavy atom. The molecule has 0 bridgehead atoms. The zero-order valence-corrected chi connectivity index (χ0v) is 18.5. The summed E-state index contributed by atoms with van der Waals surface area (Å²) in [7, 11) is 0. The van der Waals surface area contributed by atoms with Crippen molar-refractivity contribution in [2.75, 3.05) is 19.8 Å². The van der Waals surface area contributed by atoms with E-state index in [0.29, 0.717) is 16.7 Å². The molecule has 0 aromatic rings. The number of hydrogen-bond donors (Lipinski definition) is 1. The maximum atomic E-state index is 11.6. The molecule has 156 valence electrons.